The first-order valence-electron chi connectivity index (χ1n) is 8.84. The van der Waals surface area contributed by atoms with E-state index in [4.69, 9.17) is 14.2 Å². The fourth-order valence-corrected chi connectivity index (χ4v) is 3.36. The van der Waals surface area contributed by atoms with Crippen LogP contribution in [-0.2, 0) is 16.1 Å². The van der Waals surface area contributed by atoms with E-state index in [-0.39, 0.29) is 24.8 Å². The molecule has 1 unspecified atom stereocenters. The molecule has 2 aromatic carbocycles. The highest BCUT2D eigenvalue weighted by Crippen LogP contribution is 2.47. The first-order valence-corrected chi connectivity index (χ1v) is 8.84. The van der Waals surface area contributed by atoms with Crippen molar-refractivity contribution >= 4 is 5.97 Å². The zero-order valence-electron chi connectivity index (χ0n) is 15.3. The molecule has 0 aliphatic carbocycles. The molecule has 0 spiro atoms. The Labute approximate surface area is 153 Å². The third-order valence-corrected chi connectivity index (χ3v) is 4.52. The van der Waals surface area contributed by atoms with Gasteiger partial charge in [0.15, 0.2) is 11.5 Å². The second kappa shape index (κ2) is 6.32. The van der Waals surface area contributed by atoms with Gasteiger partial charge in [0.05, 0.1) is 6.04 Å². The van der Waals surface area contributed by atoms with Crippen molar-refractivity contribution in [2.24, 2.45) is 0 Å². The number of carbonyl (C=O) groups is 1. The molecule has 1 fully saturated rings. The van der Waals surface area contributed by atoms with Crippen LogP contribution in [0, 0.1) is 0 Å². The topological polar surface area (TPSA) is 47.8 Å². The van der Waals surface area contributed by atoms with Gasteiger partial charge < -0.3 is 14.2 Å². The van der Waals surface area contributed by atoms with Gasteiger partial charge in [-0.15, -0.1) is 0 Å². The summed E-state index contributed by atoms with van der Waals surface area (Å²) in [4.78, 5) is 14.9. The van der Waals surface area contributed by atoms with E-state index in [0.717, 1.165) is 17.1 Å². The molecule has 1 saturated heterocycles. The minimum atomic E-state index is -0.502. The average molecular weight is 353 g/mol. The summed E-state index contributed by atoms with van der Waals surface area (Å²) in [7, 11) is 0. The SMILES string of the molecule is CC(C)(C)OC(=O)[C@@H]1[C@@H](c2ccc3c(c2)OCO3)N1Cc1ccccc1. The second-order valence-electron chi connectivity index (χ2n) is 7.69. The normalized spacial score (nSPS) is 23.6. The Morgan fingerprint density at radius 1 is 1.12 bits per heavy atom. The molecule has 136 valence electrons. The van der Waals surface area contributed by atoms with E-state index in [1.165, 1.54) is 5.56 Å². The fraction of sp³-hybridized carbons (Fsp3) is 0.381. The first-order chi connectivity index (χ1) is 12.4. The van der Waals surface area contributed by atoms with E-state index in [0.29, 0.717) is 6.54 Å². The summed E-state index contributed by atoms with van der Waals surface area (Å²) in [6.45, 7) is 6.62. The highest BCUT2D eigenvalue weighted by atomic mass is 16.7. The van der Waals surface area contributed by atoms with Crippen LogP contribution in [0.4, 0.5) is 0 Å². The Morgan fingerprint density at radius 3 is 2.58 bits per heavy atom. The van der Waals surface area contributed by atoms with Crippen LogP contribution in [0.3, 0.4) is 0 Å². The summed E-state index contributed by atoms with van der Waals surface area (Å²) < 4.78 is 16.5. The summed E-state index contributed by atoms with van der Waals surface area (Å²) in [5.41, 5.74) is 1.71. The summed E-state index contributed by atoms with van der Waals surface area (Å²) in [5, 5.41) is 0. The van der Waals surface area contributed by atoms with Crippen LogP contribution in [0.2, 0.25) is 0 Å². The standard InChI is InChI=1S/C21H23NO4/c1-21(2,3)26-20(23)19-18(22(19)12-14-7-5-4-6-8-14)15-9-10-16-17(11-15)25-13-24-16/h4-11,18-19H,12-13H2,1-3H3/t18-,19+,22?/m1/s1. The smallest absolute Gasteiger partial charge is 0.325 e. The number of carbonyl (C=O) groups excluding carboxylic acids is 1. The Bertz CT molecular complexity index is 813. The predicted octanol–water partition coefficient (Wildman–Crippen LogP) is 3.68. The highest BCUT2D eigenvalue weighted by Gasteiger charge is 2.55. The summed E-state index contributed by atoms with van der Waals surface area (Å²) in [5.74, 6) is 1.30. The molecule has 5 nitrogen and oxygen atoms in total. The van der Waals surface area contributed by atoms with Gasteiger partial charge in [-0.25, -0.2) is 0 Å². The van der Waals surface area contributed by atoms with E-state index >= 15 is 0 Å². The number of esters is 1. The number of nitrogens with zero attached hydrogens (tertiary/aromatic N) is 1. The number of fused-ring (bicyclic) bond motifs is 1. The number of rotatable bonds is 4. The van der Waals surface area contributed by atoms with Crippen molar-refractivity contribution < 1.29 is 19.0 Å². The molecule has 0 saturated carbocycles. The zero-order valence-corrected chi connectivity index (χ0v) is 15.3. The molecular formula is C21H23NO4. The van der Waals surface area contributed by atoms with Crippen LogP contribution < -0.4 is 9.47 Å². The molecule has 2 aliphatic rings. The van der Waals surface area contributed by atoms with Gasteiger partial charge in [0.2, 0.25) is 6.79 Å². The fourth-order valence-electron chi connectivity index (χ4n) is 3.36. The van der Waals surface area contributed by atoms with Crippen molar-refractivity contribution in [3.8, 4) is 11.5 Å². The van der Waals surface area contributed by atoms with Crippen molar-refractivity contribution in [1.82, 2.24) is 4.90 Å². The lowest BCUT2D eigenvalue weighted by Gasteiger charge is -2.19. The molecule has 26 heavy (non-hydrogen) atoms. The lowest BCUT2D eigenvalue weighted by atomic mass is 10.1. The average Bonchev–Trinajstić information content (AvgIpc) is 3.09. The van der Waals surface area contributed by atoms with Crippen LogP contribution in [0.1, 0.15) is 37.9 Å². The molecule has 3 atom stereocenters. The second-order valence-corrected chi connectivity index (χ2v) is 7.69. The van der Waals surface area contributed by atoms with Gasteiger partial charge in [-0.05, 0) is 44.0 Å². The molecule has 2 aliphatic heterocycles. The number of hydrogen-bond acceptors (Lipinski definition) is 5. The molecule has 4 rings (SSSR count). The Balaban J connectivity index is 1.58. The molecule has 0 N–H and O–H groups in total. The van der Waals surface area contributed by atoms with Gasteiger partial charge in [-0.1, -0.05) is 36.4 Å². The van der Waals surface area contributed by atoms with Crippen molar-refractivity contribution in [1.29, 1.82) is 0 Å². The minimum absolute atomic E-state index is 0.0143. The molecule has 0 aromatic heterocycles. The molecule has 0 bridgehead atoms. The Kier molecular flexibility index (Phi) is 4.11. The van der Waals surface area contributed by atoms with Crippen molar-refractivity contribution in [2.75, 3.05) is 6.79 Å². The van der Waals surface area contributed by atoms with Crippen LogP contribution in [0.25, 0.3) is 0 Å². The summed E-state index contributed by atoms with van der Waals surface area (Å²) >= 11 is 0. The van der Waals surface area contributed by atoms with E-state index in [2.05, 4.69) is 17.0 Å². The third-order valence-electron chi connectivity index (χ3n) is 4.52. The van der Waals surface area contributed by atoms with E-state index < -0.39 is 5.60 Å². The molecule has 2 aromatic rings. The van der Waals surface area contributed by atoms with Gasteiger partial charge in [-0.3, -0.25) is 9.69 Å². The van der Waals surface area contributed by atoms with E-state index in [1.807, 2.05) is 57.2 Å². The number of benzene rings is 2. The third kappa shape index (κ3) is 3.40. The lowest BCUT2D eigenvalue weighted by Crippen LogP contribution is -2.28. The van der Waals surface area contributed by atoms with Crippen molar-refractivity contribution in [2.45, 2.75) is 45.0 Å². The maximum Gasteiger partial charge on any atom is 0.325 e. The van der Waals surface area contributed by atoms with Crippen molar-refractivity contribution in [3.05, 3.63) is 59.7 Å². The number of ether oxygens (including phenoxy) is 3. The summed E-state index contributed by atoms with van der Waals surface area (Å²) in [6.07, 6.45) is 0. The first kappa shape index (κ1) is 16.9. The van der Waals surface area contributed by atoms with Gasteiger partial charge in [0, 0.05) is 6.54 Å². The largest absolute Gasteiger partial charge is 0.459 e. The van der Waals surface area contributed by atoms with Crippen LogP contribution >= 0.6 is 0 Å². The summed E-state index contributed by atoms with van der Waals surface area (Å²) in [6, 6.07) is 15.7. The Morgan fingerprint density at radius 2 is 1.85 bits per heavy atom. The zero-order chi connectivity index (χ0) is 18.3. The molecular weight excluding hydrogens is 330 g/mol. The molecule has 0 amide bonds. The molecule has 5 heteroatoms. The lowest BCUT2D eigenvalue weighted by molar-refractivity contribution is -0.155. The maximum absolute atomic E-state index is 12.7. The molecule has 0 radical (unpaired) electrons. The van der Waals surface area contributed by atoms with Crippen LogP contribution in [0.15, 0.2) is 48.5 Å². The minimum Gasteiger partial charge on any atom is -0.459 e. The predicted molar refractivity (Wildman–Crippen MR) is 96.9 cm³/mol. The Hall–Kier alpha value is -2.53. The monoisotopic (exact) mass is 353 g/mol. The van der Waals surface area contributed by atoms with Gasteiger partial charge in [0.25, 0.3) is 0 Å². The van der Waals surface area contributed by atoms with Gasteiger partial charge >= 0.3 is 5.97 Å². The maximum atomic E-state index is 12.7. The quantitative estimate of drug-likeness (QED) is 0.620. The van der Waals surface area contributed by atoms with Gasteiger partial charge in [0.1, 0.15) is 11.6 Å². The van der Waals surface area contributed by atoms with Crippen LogP contribution in [-0.4, -0.2) is 29.3 Å². The van der Waals surface area contributed by atoms with Crippen molar-refractivity contribution in [3.63, 3.8) is 0 Å². The van der Waals surface area contributed by atoms with E-state index in [1.54, 1.807) is 0 Å². The van der Waals surface area contributed by atoms with E-state index in [9.17, 15) is 4.79 Å². The highest BCUT2D eigenvalue weighted by molar-refractivity contribution is 5.81. The number of hydrogen-bond donors (Lipinski definition) is 0. The molecule has 2 heterocycles. The van der Waals surface area contributed by atoms with Gasteiger partial charge in [-0.2, -0.15) is 0 Å². The van der Waals surface area contributed by atoms with Crippen LogP contribution in [0.5, 0.6) is 11.5 Å².